The van der Waals surface area contributed by atoms with Gasteiger partial charge in [0.15, 0.2) is 0 Å². The first-order chi connectivity index (χ1) is 0. The van der Waals surface area contributed by atoms with E-state index in [0.29, 0.717) is 0 Å². The molecule has 0 aliphatic heterocycles. The van der Waals surface area contributed by atoms with Crippen molar-refractivity contribution in [1.29, 1.82) is 0 Å². The van der Waals surface area contributed by atoms with E-state index >= 15 is 0 Å². The molecule has 0 N–H and O–H groups in total. The number of hydrogen-bond acceptors (Lipinski definition) is 0. The van der Waals surface area contributed by atoms with Crippen LogP contribution in [0.5, 0.6) is 0 Å². The zero-order valence-electron chi connectivity index (χ0n) is 5.66. The molecule has 0 fully saturated rings. The molecule has 0 aliphatic rings. The van der Waals surface area contributed by atoms with E-state index in [1.54, 1.807) is 0 Å². The van der Waals surface area contributed by atoms with Gasteiger partial charge in [0.1, 0.15) is 0 Å². The van der Waals surface area contributed by atoms with Crippen LogP contribution < -0.4 is 0 Å². The Morgan fingerprint density at radius 1 is 0.250 bits per heavy atom. The van der Waals surface area contributed by atoms with E-state index in [2.05, 4.69) is 0 Å². The maximum atomic E-state index is 0. The van der Waals surface area contributed by atoms with Gasteiger partial charge in [0.05, 0.1) is 0 Å². The van der Waals surface area contributed by atoms with E-state index in [1.807, 2.05) is 0 Å². The minimum absolute atomic E-state index is 0. The Morgan fingerprint density at radius 3 is 0.250 bits per heavy atom. The molecule has 8 heteroatoms. The van der Waals surface area contributed by atoms with Crippen molar-refractivity contribution in [3.05, 3.63) is 0 Å². The fraction of sp³-hybridized carbons (Fsp3) is 0. The van der Waals surface area contributed by atoms with Gasteiger partial charge in [-0.2, -0.15) is 0 Å². The van der Waals surface area contributed by atoms with Gasteiger partial charge < -0.3 is 0 Å². The number of hydrogen-bond donors (Lipinski definition) is 0. The summed E-state index contributed by atoms with van der Waals surface area (Å²) in [4.78, 5) is 0. The summed E-state index contributed by atoms with van der Waals surface area (Å²) in [5, 5.41) is 0. The van der Waals surface area contributed by atoms with Gasteiger partial charge in [0, 0.05) is 0 Å². The minimum atomic E-state index is 0. The van der Waals surface area contributed by atoms with Crippen molar-refractivity contribution in [3.8, 4) is 0 Å². The molecule has 0 aliphatic carbocycles. The van der Waals surface area contributed by atoms with Crippen LogP contribution in [0.15, 0.2) is 0 Å². The molecule has 0 radical (unpaired) electrons. The molecule has 0 spiro atoms. The molecule has 0 aromatic heterocycles. The minimum Gasteiger partial charge on any atom is 2.00 e. The van der Waals surface area contributed by atoms with E-state index in [0.717, 1.165) is 0 Å². The molecule has 0 saturated heterocycles. The topological polar surface area (TPSA) is 0 Å². The monoisotopic (exact) mass is 344 g/mol. The largest absolute Gasteiger partial charge is 2.00 e. The van der Waals surface area contributed by atoms with Crippen molar-refractivity contribution >= 4 is 264 Å². The molecular weight excluding hydrogens is 346 g/mol. The van der Waals surface area contributed by atoms with Gasteiger partial charge in [-0.3, -0.25) is 0 Å². The molecule has 0 nitrogen and oxygen atoms in total. The van der Waals surface area contributed by atoms with Crippen molar-refractivity contribution in [3.63, 3.8) is 0 Å². The Morgan fingerprint density at radius 2 is 0.250 bits per heavy atom. The van der Waals surface area contributed by atoms with E-state index < -0.39 is 0 Å². The average Bonchev–Trinajstić information content (AvgIpc) is 0. The summed E-state index contributed by atoms with van der Waals surface area (Å²) in [6, 6.07) is 0. The van der Waals surface area contributed by atoms with E-state index in [9.17, 15) is 0 Å². The van der Waals surface area contributed by atoms with E-state index in [1.165, 1.54) is 0 Å². The second-order valence-corrected chi connectivity index (χ2v) is 0. The molecule has 0 aromatic carbocycles. The molecular formula is Ca7Zn+16. The third kappa shape index (κ3) is 36.1. The molecule has 0 aromatic rings. The van der Waals surface area contributed by atoms with E-state index in [-0.39, 0.29) is 284 Å². The summed E-state index contributed by atoms with van der Waals surface area (Å²) in [7, 11) is 0. The Hall–Kier alpha value is 9.44. The summed E-state index contributed by atoms with van der Waals surface area (Å²) in [5.41, 5.74) is 0. The van der Waals surface area contributed by atoms with Crippen molar-refractivity contribution in [1.82, 2.24) is 0 Å². The van der Waals surface area contributed by atoms with Crippen molar-refractivity contribution in [2.45, 2.75) is 0 Å². The van der Waals surface area contributed by atoms with Crippen LogP contribution >= 0.6 is 0 Å². The summed E-state index contributed by atoms with van der Waals surface area (Å²) in [6.45, 7) is 0. The molecule has 0 unspecified atom stereocenters. The summed E-state index contributed by atoms with van der Waals surface area (Å²) >= 11 is 0. The Balaban J connectivity index is 0. The first kappa shape index (κ1) is 52.9. The zero-order chi connectivity index (χ0) is 0. The van der Waals surface area contributed by atoms with Gasteiger partial charge >= 0.3 is 284 Å². The summed E-state index contributed by atoms with van der Waals surface area (Å²) < 4.78 is 0. The zero-order valence-corrected chi connectivity index (χ0v) is 24.1. The van der Waals surface area contributed by atoms with Crippen LogP contribution in [-0.4, -0.2) is 264 Å². The van der Waals surface area contributed by atoms with Crippen LogP contribution in [0.2, 0.25) is 0 Å². The second-order valence-electron chi connectivity index (χ2n) is 0. The third-order valence-electron chi connectivity index (χ3n) is 0. The maximum absolute atomic E-state index is 0. The summed E-state index contributed by atoms with van der Waals surface area (Å²) in [6.07, 6.45) is 0. The predicted molar refractivity (Wildman–Crippen MR) is 40.3 cm³/mol. The predicted octanol–water partition coefficient (Wildman–Crippen LogP) is -2.67. The normalized spacial score (nSPS) is 0. The van der Waals surface area contributed by atoms with Crippen LogP contribution in [0.25, 0.3) is 0 Å². The molecule has 0 rings (SSSR count). The summed E-state index contributed by atoms with van der Waals surface area (Å²) in [5.74, 6) is 0. The fourth-order valence-electron chi connectivity index (χ4n) is 0. The van der Waals surface area contributed by atoms with Gasteiger partial charge in [0.25, 0.3) is 0 Å². The molecule has 0 heterocycles. The first-order valence-electron chi connectivity index (χ1n) is 0. The van der Waals surface area contributed by atoms with Crippen molar-refractivity contribution in [2.24, 2.45) is 0 Å². The van der Waals surface area contributed by atoms with Gasteiger partial charge in [-0.25, -0.2) is 0 Å². The molecule has 0 atom stereocenters. The molecule has 8 heavy (non-hydrogen) atoms. The average molecular weight is 346 g/mol. The Bertz CT molecular complexity index is 4.35. The third-order valence-corrected chi connectivity index (χ3v) is 0. The Kier molecular flexibility index (Phi) is 291. The van der Waals surface area contributed by atoms with Crippen molar-refractivity contribution in [2.75, 3.05) is 0 Å². The second kappa shape index (κ2) is 44.0. The van der Waals surface area contributed by atoms with Crippen LogP contribution in [0.1, 0.15) is 0 Å². The molecule has 0 valence electrons. The van der Waals surface area contributed by atoms with Gasteiger partial charge in [-0.1, -0.05) is 0 Å². The van der Waals surface area contributed by atoms with Gasteiger partial charge in [-0.15, -0.1) is 0 Å². The quantitative estimate of drug-likeness (QED) is 0.420. The Labute approximate surface area is 273 Å². The van der Waals surface area contributed by atoms with Crippen LogP contribution in [-0.2, 0) is 19.5 Å². The SMILES string of the molecule is [Ca+2].[Ca+2].[Ca+2].[Ca+2].[Ca+2].[Ca+2].[Ca+2].[Zn+2]. The first-order valence-corrected chi connectivity index (χ1v) is 0. The van der Waals surface area contributed by atoms with Crippen molar-refractivity contribution < 1.29 is 19.5 Å². The van der Waals surface area contributed by atoms with Crippen LogP contribution in [0.3, 0.4) is 0 Å². The van der Waals surface area contributed by atoms with Crippen LogP contribution in [0, 0.1) is 0 Å². The van der Waals surface area contributed by atoms with Gasteiger partial charge in [0.2, 0.25) is 0 Å². The van der Waals surface area contributed by atoms with E-state index in [4.69, 9.17) is 0 Å². The standard InChI is InChI=1S/7Ca.Zn/q8*+2. The molecule has 0 bridgehead atoms. The van der Waals surface area contributed by atoms with Crippen LogP contribution in [0.4, 0.5) is 0 Å². The smallest absolute Gasteiger partial charge is 2.00 e. The molecule has 0 amide bonds. The fourth-order valence-corrected chi connectivity index (χ4v) is 0. The molecule has 0 saturated carbocycles. The van der Waals surface area contributed by atoms with Gasteiger partial charge in [-0.05, 0) is 0 Å². The number of rotatable bonds is 0. The maximum Gasteiger partial charge on any atom is 2.00 e.